The Morgan fingerprint density at radius 1 is 1.26 bits per heavy atom. The van der Waals surface area contributed by atoms with Gasteiger partial charge in [0.2, 0.25) is 5.88 Å². The zero-order chi connectivity index (χ0) is 22.5. The molecule has 2 atom stereocenters. The van der Waals surface area contributed by atoms with E-state index in [1.54, 1.807) is 24.7 Å². The number of nitrogens with one attached hydrogen (secondary N) is 1. The van der Waals surface area contributed by atoms with Gasteiger partial charge in [0.25, 0.3) is 5.56 Å². The molecule has 164 valence electrons. The molecule has 0 saturated carbocycles. The van der Waals surface area contributed by atoms with E-state index in [0.717, 1.165) is 11.3 Å². The number of hydrogen-bond donors (Lipinski definition) is 1. The van der Waals surface area contributed by atoms with Crippen LogP contribution in [0.15, 0.2) is 29.1 Å². The number of aromatic nitrogens is 3. The van der Waals surface area contributed by atoms with Crippen LogP contribution in [0.2, 0.25) is 0 Å². The monoisotopic (exact) mass is 444 g/mol. The first-order valence-corrected chi connectivity index (χ1v) is 11.2. The number of aryl methyl sites for hydroxylation is 1. The maximum absolute atomic E-state index is 14.5. The number of nitrogens with zero attached hydrogens (tertiary/aromatic N) is 3. The molecule has 1 aromatic carbocycles. The molecule has 1 N–H and O–H groups in total. The minimum Gasteiger partial charge on any atom is -0.481 e. The van der Waals surface area contributed by atoms with Gasteiger partial charge >= 0.3 is 0 Å². The van der Waals surface area contributed by atoms with Crippen LogP contribution in [0.3, 0.4) is 0 Å². The van der Waals surface area contributed by atoms with Crippen LogP contribution in [0, 0.1) is 5.82 Å². The highest BCUT2D eigenvalue weighted by atomic mass is 32.2. The first kappa shape index (κ1) is 21.6. The second-order valence-corrected chi connectivity index (χ2v) is 10.6. The summed E-state index contributed by atoms with van der Waals surface area (Å²) in [6.07, 6.45) is 0.553. The van der Waals surface area contributed by atoms with Gasteiger partial charge in [0.15, 0.2) is 0 Å². The molecule has 3 heterocycles. The summed E-state index contributed by atoms with van der Waals surface area (Å²) < 4.78 is 36.4. The van der Waals surface area contributed by atoms with Gasteiger partial charge in [-0.2, -0.15) is 0 Å². The molecular weight excluding hydrogens is 419 g/mol. The topological polar surface area (TPSA) is 86.1 Å². The smallest absolute Gasteiger partial charge is 0.261 e. The second kappa shape index (κ2) is 7.80. The molecule has 1 aliphatic heterocycles. The maximum atomic E-state index is 14.5. The normalized spacial score (nSPS) is 15.3. The molecule has 0 bridgehead atoms. The van der Waals surface area contributed by atoms with Gasteiger partial charge < -0.3 is 4.74 Å². The molecule has 2 aromatic heterocycles. The molecule has 0 spiro atoms. The van der Waals surface area contributed by atoms with E-state index < -0.39 is 27.6 Å². The van der Waals surface area contributed by atoms with Crippen LogP contribution < -0.4 is 15.0 Å². The average Bonchev–Trinajstić information content (AvgIpc) is 2.72. The lowest BCUT2D eigenvalue weighted by atomic mass is 10.0. The molecule has 1 aliphatic rings. The zero-order valence-electron chi connectivity index (χ0n) is 18.2. The van der Waals surface area contributed by atoms with Crippen molar-refractivity contribution in [1.29, 1.82) is 0 Å². The molecule has 9 heteroatoms. The van der Waals surface area contributed by atoms with E-state index in [2.05, 4.69) is 9.71 Å². The van der Waals surface area contributed by atoms with Crippen LogP contribution >= 0.6 is 0 Å². The van der Waals surface area contributed by atoms with Gasteiger partial charge in [-0.25, -0.2) is 23.3 Å². The quantitative estimate of drug-likeness (QED) is 0.668. The Morgan fingerprint density at radius 3 is 2.68 bits per heavy atom. The second-order valence-electron chi connectivity index (χ2n) is 8.60. The Balaban J connectivity index is 1.91. The molecule has 4 rings (SSSR count). The van der Waals surface area contributed by atoms with Gasteiger partial charge in [0.1, 0.15) is 11.6 Å². The van der Waals surface area contributed by atoms with E-state index in [-0.39, 0.29) is 10.9 Å². The largest absolute Gasteiger partial charge is 0.481 e. The molecule has 7 nitrogen and oxygen atoms in total. The van der Waals surface area contributed by atoms with E-state index in [1.807, 2.05) is 26.8 Å². The van der Waals surface area contributed by atoms with Gasteiger partial charge in [0.05, 0.1) is 39.4 Å². The number of fused-ring (bicyclic) bond motifs is 4. The van der Waals surface area contributed by atoms with E-state index in [1.165, 1.54) is 12.1 Å². The number of methoxy groups -OCH3 is 1. The summed E-state index contributed by atoms with van der Waals surface area (Å²) in [4.78, 5) is 22.5. The van der Waals surface area contributed by atoms with Crippen molar-refractivity contribution in [2.45, 2.75) is 51.4 Å². The molecule has 0 unspecified atom stereocenters. The van der Waals surface area contributed by atoms with Crippen LogP contribution in [-0.2, 0) is 24.0 Å². The van der Waals surface area contributed by atoms with Crippen LogP contribution in [0.5, 0.6) is 5.88 Å². The number of ether oxygens (including phenoxy) is 1. The van der Waals surface area contributed by atoms with Crippen molar-refractivity contribution >= 4 is 21.9 Å². The molecule has 0 saturated heterocycles. The Kier molecular flexibility index (Phi) is 5.43. The highest BCUT2D eigenvalue weighted by Gasteiger charge is 2.26. The van der Waals surface area contributed by atoms with E-state index in [9.17, 15) is 13.4 Å². The van der Waals surface area contributed by atoms with Crippen LogP contribution in [-0.4, -0.2) is 30.6 Å². The fourth-order valence-corrected chi connectivity index (χ4v) is 4.47. The summed E-state index contributed by atoms with van der Waals surface area (Å²) in [5.41, 5.74) is 2.13. The Bertz CT molecular complexity index is 1270. The predicted molar refractivity (Wildman–Crippen MR) is 119 cm³/mol. The summed E-state index contributed by atoms with van der Waals surface area (Å²) in [5, 5.41) is 0.207. The highest BCUT2D eigenvalue weighted by Crippen LogP contribution is 2.31. The number of benzene rings is 1. The van der Waals surface area contributed by atoms with Gasteiger partial charge in [-0.1, -0.05) is 0 Å². The molecule has 31 heavy (non-hydrogen) atoms. The first-order valence-electron chi connectivity index (χ1n) is 10.1. The van der Waals surface area contributed by atoms with Crippen LogP contribution in [0.4, 0.5) is 4.39 Å². The lowest BCUT2D eigenvalue weighted by Crippen LogP contribution is -2.35. The molecule has 0 amide bonds. The van der Waals surface area contributed by atoms with Crippen molar-refractivity contribution in [2.75, 3.05) is 7.11 Å². The third kappa shape index (κ3) is 3.87. The first-order chi connectivity index (χ1) is 14.6. The van der Waals surface area contributed by atoms with Crippen molar-refractivity contribution < 1.29 is 13.3 Å². The summed E-state index contributed by atoms with van der Waals surface area (Å²) in [5.74, 6) is 0.464. The number of hydrogen-bond acceptors (Lipinski definition) is 5. The summed E-state index contributed by atoms with van der Waals surface area (Å²) in [6, 6.07) is 5.65. The summed E-state index contributed by atoms with van der Waals surface area (Å²) >= 11 is 0. The third-order valence-electron chi connectivity index (χ3n) is 5.33. The average molecular weight is 445 g/mol. The van der Waals surface area contributed by atoms with Crippen molar-refractivity contribution in [1.82, 2.24) is 19.3 Å². The Hall–Kier alpha value is -2.65. The minimum absolute atomic E-state index is 0.207. The Labute approximate surface area is 182 Å². The minimum atomic E-state index is -1.37. The molecule has 0 aliphatic carbocycles. The fraction of sp³-hybridized carbons (Fsp3) is 0.409. The molecule has 0 fully saturated rings. The molecular formula is C22H25FN4O3S. The fourth-order valence-electron chi connectivity index (χ4n) is 3.67. The molecule has 0 radical (unpaired) electrons. The Morgan fingerprint density at radius 2 is 2.00 bits per heavy atom. The van der Waals surface area contributed by atoms with Crippen molar-refractivity contribution in [3.8, 4) is 17.3 Å². The molecule has 3 aromatic rings. The number of halogens is 1. The van der Waals surface area contributed by atoms with E-state index >= 15 is 0 Å². The van der Waals surface area contributed by atoms with Crippen molar-refractivity contribution in [3.05, 3.63) is 51.7 Å². The third-order valence-corrected chi connectivity index (χ3v) is 7.01. The highest BCUT2D eigenvalue weighted by molar-refractivity contribution is 7.84. The maximum Gasteiger partial charge on any atom is 0.261 e. The van der Waals surface area contributed by atoms with Crippen molar-refractivity contribution in [3.63, 3.8) is 0 Å². The summed E-state index contributed by atoms with van der Waals surface area (Å²) in [7, 11) is 0.182. The van der Waals surface area contributed by atoms with Gasteiger partial charge in [-0.3, -0.25) is 9.36 Å². The standard InChI is InChI=1S/C22H25FN4O3S/c1-12(26-31(29)22(2,3)4)15-10-13(23)11-16-19(15)25-20-14-6-7-18(30-5)24-17(14)8-9-27(20)21(16)28/h6-7,10-12,26H,8-9H2,1-5H3/t12-,31-/m1/s1. The lowest BCUT2D eigenvalue weighted by Gasteiger charge is -2.24. The number of pyridine rings is 1. The SMILES string of the molecule is COc1ccc2c(n1)CCn1c-2nc2c([C@@H](C)N[S@](=O)C(C)(C)C)cc(F)cc2c1=O. The number of rotatable bonds is 4. The van der Waals surface area contributed by atoms with Gasteiger partial charge in [-0.05, 0) is 51.5 Å². The summed E-state index contributed by atoms with van der Waals surface area (Å²) in [6.45, 7) is 7.75. The van der Waals surface area contributed by atoms with Gasteiger partial charge in [-0.15, -0.1) is 0 Å². The zero-order valence-corrected chi connectivity index (χ0v) is 19.0. The van der Waals surface area contributed by atoms with E-state index in [4.69, 9.17) is 9.72 Å². The predicted octanol–water partition coefficient (Wildman–Crippen LogP) is 3.28. The van der Waals surface area contributed by atoms with Crippen molar-refractivity contribution in [2.24, 2.45) is 0 Å². The van der Waals surface area contributed by atoms with Gasteiger partial charge in [0, 0.05) is 30.6 Å². The van der Waals surface area contributed by atoms with Crippen LogP contribution in [0.1, 0.15) is 45.0 Å². The van der Waals surface area contributed by atoms with Crippen LogP contribution in [0.25, 0.3) is 22.3 Å². The lowest BCUT2D eigenvalue weighted by molar-refractivity contribution is 0.395. The van der Waals surface area contributed by atoms with E-state index in [0.29, 0.717) is 35.8 Å².